The van der Waals surface area contributed by atoms with E-state index in [4.69, 9.17) is 0 Å². The van der Waals surface area contributed by atoms with Crippen LogP contribution in [0.15, 0.2) is 6.20 Å². The average Bonchev–Trinajstić information content (AvgIpc) is 2.04. The summed E-state index contributed by atoms with van der Waals surface area (Å²) in [5, 5.41) is 3.06. The van der Waals surface area contributed by atoms with Gasteiger partial charge in [0.05, 0.1) is 5.56 Å². The van der Waals surface area contributed by atoms with E-state index in [0.29, 0.717) is 30.2 Å². The van der Waals surface area contributed by atoms with Gasteiger partial charge >= 0.3 is 0 Å². The Morgan fingerprint density at radius 1 is 1.58 bits per heavy atom. The zero-order valence-corrected chi connectivity index (χ0v) is 6.79. The first-order valence-corrected chi connectivity index (χ1v) is 3.88. The molecule has 4 nitrogen and oxygen atoms in total. The van der Waals surface area contributed by atoms with Crippen molar-refractivity contribution < 1.29 is 4.79 Å². The zero-order chi connectivity index (χ0) is 8.55. The standard InChI is InChI=1S/C8H9N3O/c1-5-10-4-6-7(12)2-3-9-8(6)11-5/h4H,2-3H2,1H3,(H,9,10,11). The van der Waals surface area contributed by atoms with Crippen molar-refractivity contribution in [2.75, 3.05) is 11.9 Å². The Morgan fingerprint density at radius 3 is 3.25 bits per heavy atom. The van der Waals surface area contributed by atoms with Crippen molar-refractivity contribution in [2.45, 2.75) is 13.3 Å². The van der Waals surface area contributed by atoms with Gasteiger partial charge in [0, 0.05) is 19.2 Å². The van der Waals surface area contributed by atoms with Crippen LogP contribution in [0.1, 0.15) is 22.6 Å². The summed E-state index contributed by atoms with van der Waals surface area (Å²) in [6.07, 6.45) is 2.13. The lowest BCUT2D eigenvalue weighted by atomic mass is 10.1. The molecule has 0 aliphatic carbocycles. The molecule has 0 fully saturated rings. The van der Waals surface area contributed by atoms with Gasteiger partial charge in [0.2, 0.25) is 0 Å². The van der Waals surface area contributed by atoms with Crippen LogP contribution >= 0.6 is 0 Å². The average molecular weight is 163 g/mol. The summed E-state index contributed by atoms with van der Waals surface area (Å²) in [6.45, 7) is 2.49. The normalized spacial score (nSPS) is 15.2. The number of aromatic nitrogens is 2. The van der Waals surface area contributed by atoms with E-state index in [9.17, 15) is 4.79 Å². The molecule has 1 aliphatic rings. The third-order valence-corrected chi connectivity index (χ3v) is 1.85. The Labute approximate surface area is 70.0 Å². The molecule has 4 heteroatoms. The second-order valence-corrected chi connectivity index (χ2v) is 2.78. The van der Waals surface area contributed by atoms with Crippen LogP contribution in [0.5, 0.6) is 0 Å². The van der Waals surface area contributed by atoms with E-state index in [1.54, 1.807) is 13.1 Å². The Hall–Kier alpha value is -1.45. The quantitative estimate of drug-likeness (QED) is 0.614. The molecule has 62 valence electrons. The Morgan fingerprint density at radius 2 is 2.42 bits per heavy atom. The van der Waals surface area contributed by atoms with Crippen molar-refractivity contribution in [1.82, 2.24) is 9.97 Å². The molecule has 12 heavy (non-hydrogen) atoms. The predicted octanol–water partition coefficient (Wildman–Crippen LogP) is 0.783. The Balaban J connectivity index is 2.53. The van der Waals surface area contributed by atoms with Crippen molar-refractivity contribution in [3.8, 4) is 0 Å². The van der Waals surface area contributed by atoms with Crippen molar-refractivity contribution in [2.24, 2.45) is 0 Å². The fraction of sp³-hybridized carbons (Fsp3) is 0.375. The summed E-state index contributed by atoms with van der Waals surface area (Å²) >= 11 is 0. The van der Waals surface area contributed by atoms with Gasteiger partial charge in [-0.3, -0.25) is 4.79 Å². The van der Waals surface area contributed by atoms with Crippen LogP contribution < -0.4 is 5.32 Å². The molecule has 2 heterocycles. The number of fused-ring (bicyclic) bond motifs is 1. The molecule has 2 rings (SSSR count). The summed E-state index contributed by atoms with van der Waals surface area (Å²) in [5.41, 5.74) is 0.617. The molecular formula is C8H9N3O. The molecule has 0 atom stereocenters. The Kier molecular flexibility index (Phi) is 1.53. The third-order valence-electron chi connectivity index (χ3n) is 1.85. The van der Waals surface area contributed by atoms with E-state index in [-0.39, 0.29) is 5.78 Å². The van der Waals surface area contributed by atoms with Crippen LogP contribution in [0, 0.1) is 6.92 Å². The van der Waals surface area contributed by atoms with Gasteiger partial charge in [-0.25, -0.2) is 9.97 Å². The number of carbonyl (C=O) groups is 1. The van der Waals surface area contributed by atoms with Gasteiger partial charge in [-0.1, -0.05) is 0 Å². The van der Waals surface area contributed by atoms with E-state index in [1.165, 1.54) is 0 Å². The van der Waals surface area contributed by atoms with Crippen LogP contribution in [0.25, 0.3) is 0 Å². The molecule has 1 aromatic rings. The maximum absolute atomic E-state index is 11.3. The first-order chi connectivity index (χ1) is 5.77. The molecule has 1 aliphatic heterocycles. The minimum atomic E-state index is 0.128. The number of hydrogen-bond acceptors (Lipinski definition) is 4. The summed E-state index contributed by atoms with van der Waals surface area (Å²) in [7, 11) is 0. The third kappa shape index (κ3) is 1.05. The number of nitrogens with one attached hydrogen (secondary N) is 1. The van der Waals surface area contributed by atoms with Gasteiger partial charge in [0.25, 0.3) is 0 Å². The van der Waals surface area contributed by atoms with Gasteiger partial charge in [0.15, 0.2) is 5.78 Å². The fourth-order valence-corrected chi connectivity index (χ4v) is 1.24. The summed E-state index contributed by atoms with van der Waals surface area (Å²) in [6, 6.07) is 0. The highest BCUT2D eigenvalue weighted by Gasteiger charge is 2.17. The van der Waals surface area contributed by atoms with Crippen LogP contribution in [0.4, 0.5) is 5.82 Å². The second-order valence-electron chi connectivity index (χ2n) is 2.78. The van der Waals surface area contributed by atoms with E-state index >= 15 is 0 Å². The maximum atomic E-state index is 11.3. The smallest absolute Gasteiger partial charge is 0.169 e. The van der Waals surface area contributed by atoms with Gasteiger partial charge < -0.3 is 5.32 Å². The molecule has 0 bridgehead atoms. The highest BCUT2D eigenvalue weighted by atomic mass is 16.1. The number of Topliss-reactive ketones (excluding diaryl/α,β-unsaturated/α-hetero) is 1. The van der Waals surface area contributed by atoms with Crippen molar-refractivity contribution in [3.05, 3.63) is 17.6 Å². The van der Waals surface area contributed by atoms with Crippen molar-refractivity contribution in [3.63, 3.8) is 0 Å². The van der Waals surface area contributed by atoms with Crippen molar-refractivity contribution >= 4 is 11.6 Å². The number of nitrogens with zero attached hydrogens (tertiary/aromatic N) is 2. The molecule has 0 saturated heterocycles. The van der Waals surface area contributed by atoms with Crippen LogP contribution in [-0.2, 0) is 0 Å². The number of ketones is 1. The molecule has 0 amide bonds. The predicted molar refractivity (Wildman–Crippen MR) is 44.2 cm³/mol. The lowest BCUT2D eigenvalue weighted by Crippen LogP contribution is -2.19. The molecule has 0 radical (unpaired) electrons. The van der Waals surface area contributed by atoms with Gasteiger partial charge in [-0.05, 0) is 6.92 Å². The van der Waals surface area contributed by atoms with Crippen LogP contribution in [0.2, 0.25) is 0 Å². The first-order valence-electron chi connectivity index (χ1n) is 3.88. The van der Waals surface area contributed by atoms with Gasteiger partial charge in [0.1, 0.15) is 11.6 Å². The van der Waals surface area contributed by atoms with E-state index < -0.39 is 0 Å². The highest BCUT2D eigenvalue weighted by molar-refractivity contribution is 6.01. The molecule has 1 N–H and O–H groups in total. The molecule has 0 aromatic carbocycles. The minimum absolute atomic E-state index is 0.128. The monoisotopic (exact) mass is 163 g/mol. The molecule has 0 saturated carbocycles. The second kappa shape index (κ2) is 2.55. The highest BCUT2D eigenvalue weighted by Crippen LogP contribution is 2.17. The molecular weight excluding hydrogens is 154 g/mol. The molecule has 1 aromatic heterocycles. The van der Waals surface area contributed by atoms with Gasteiger partial charge in [-0.15, -0.1) is 0 Å². The number of aryl methyl sites for hydroxylation is 1. The van der Waals surface area contributed by atoms with E-state index in [2.05, 4.69) is 15.3 Å². The Bertz CT molecular complexity index is 335. The fourth-order valence-electron chi connectivity index (χ4n) is 1.24. The number of carbonyl (C=O) groups excluding carboxylic acids is 1. The van der Waals surface area contributed by atoms with E-state index in [1.807, 2.05) is 0 Å². The minimum Gasteiger partial charge on any atom is -0.369 e. The number of anilines is 1. The topological polar surface area (TPSA) is 54.9 Å². The molecule has 0 unspecified atom stereocenters. The maximum Gasteiger partial charge on any atom is 0.169 e. The lowest BCUT2D eigenvalue weighted by Gasteiger charge is -2.14. The lowest BCUT2D eigenvalue weighted by molar-refractivity contribution is 0.0983. The zero-order valence-electron chi connectivity index (χ0n) is 6.79. The largest absolute Gasteiger partial charge is 0.369 e. The van der Waals surface area contributed by atoms with Crippen LogP contribution in [-0.4, -0.2) is 22.3 Å². The summed E-state index contributed by atoms with van der Waals surface area (Å²) in [5.74, 6) is 1.50. The summed E-state index contributed by atoms with van der Waals surface area (Å²) in [4.78, 5) is 19.4. The number of hydrogen-bond donors (Lipinski definition) is 1. The van der Waals surface area contributed by atoms with Crippen molar-refractivity contribution in [1.29, 1.82) is 0 Å². The summed E-state index contributed by atoms with van der Waals surface area (Å²) < 4.78 is 0. The molecule has 0 spiro atoms. The van der Waals surface area contributed by atoms with Gasteiger partial charge in [-0.2, -0.15) is 0 Å². The number of rotatable bonds is 0. The first kappa shape index (κ1) is 7.21. The SMILES string of the molecule is Cc1ncc2c(n1)NCCC2=O. The van der Waals surface area contributed by atoms with E-state index in [0.717, 1.165) is 0 Å². The van der Waals surface area contributed by atoms with Crippen LogP contribution in [0.3, 0.4) is 0 Å².